The number of hydrogen-bond acceptors (Lipinski definition) is 3. The molecule has 2 N–H and O–H groups in total. The van der Waals surface area contributed by atoms with Gasteiger partial charge in [-0.3, -0.25) is 0 Å². The molecule has 0 aliphatic rings. The third-order valence-electron chi connectivity index (χ3n) is 2.72. The molecule has 86 valence electrons. The largest absolute Gasteiger partial charge is 0.330 e. The Balaban J connectivity index is 3.87. The number of hydrogen-bond donors (Lipinski definition) is 1. The van der Waals surface area contributed by atoms with Crippen LogP contribution in [0.15, 0.2) is 0 Å². The van der Waals surface area contributed by atoms with Gasteiger partial charge in [0.25, 0.3) is 0 Å². The Labute approximate surface area is 93.6 Å². The highest BCUT2D eigenvalue weighted by atomic mass is 32.2. The highest BCUT2D eigenvalue weighted by Crippen LogP contribution is 2.16. The summed E-state index contributed by atoms with van der Waals surface area (Å²) in [6, 6.07) is 0.660. The number of thioether (sulfide) groups is 1. The van der Waals surface area contributed by atoms with E-state index in [0.29, 0.717) is 6.04 Å². The Bertz CT molecular complexity index is 148. The first-order valence-corrected chi connectivity index (χ1v) is 6.71. The normalized spacial score (nSPS) is 14.8. The maximum absolute atomic E-state index is 5.72. The smallest absolute Gasteiger partial charge is 0.00719 e. The molecule has 14 heavy (non-hydrogen) atoms. The second-order valence-corrected chi connectivity index (χ2v) is 5.90. The fraction of sp³-hybridized carbons (Fsp3) is 1.00. The van der Waals surface area contributed by atoms with Gasteiger partial charge in [-0.1, -0.05) is 13.8 Å². The number of rotatable bonds is 7. The molecular weight excluding hydrogens is 192 g/mol. The summed E-state index contributed by atoms with van der Waals surface area (Å²) in [4.78, 5) is 2.42. The predicted octanol–water partition coefficient (Wildman–Crippen LogP) is 2.04. The van der Waals surface area contributed by atoms with Crippen molar-refractivity contribution < 1.29 is 0 Å². The monoisotopic (exact) mass is 218 g/mol. The molecule has 0 bridgehead atoms. The summed E-state index contributed by atoms with van der Waals surface area (Å²) in [7, 11) is 2.20. The van der Waals surface area contributed by atoms with Crippen LogP contribution in [0.5, 0.6) is 0 Å². The Hall–Kier alpha value is 0.270. The summed E-state index contributed by atoms with van der Waals surface area (Å²) in [5.41, 5.74) is 5.96. The summed E-state index contributed by atoms with van der Waals surface area (Å²) in [6.07, 6.45) is 3.43. The zero-order chi connectivity index (χ0) is 11.2. The summed E-state index contributed by atoms with van der Waals surface area (Å²) >= 11 is 1.92. The van der Waals surface area contributed by atoms with Crippen LogP contribution in [0.2, 0.25) is 0 Å². The molecule has 0 saturated carbocycles. The van der Waals surface area contributed by atoms with Crippen molar-refractivity contribution in [3.8, 4) is 0 Å². The summed E-state index contributed by atoms with van der Waals surface area (Å²) < 4.78 is 0. The quantitative estimate of drug-likeness (QED) is 0.709. The molecule has 2 nitrogen and oxygen atoms in total. The van der Waals surface area contributed by atoms with Gasteiger partial charge in [0.05, 0.1) is 0 Å². The summed E-state index contributed by atoms with van der Waals surface area (Å²) in [5.74, 6) is 1.24. The Morgan fingerprint density at radius 3 is 2.43 bits per heavy atom. The molecule has 0 spiro atoms. The van der Waals surface area contributed by atoms with Crippen LogP contribution in [-0.4, -0.2) is 43.1 Å². The van der Waals surface area contributed by atoms with Gasteiger partial charge in [0.1, 0.15) is 0 Å². The molecule has 0 rings (SSSR count). The van der Waals surface area contributed by atoms with E-state index in [1.165, 1.54) is 12.2 Å². The van der Waals surface area contributed by atoms with Crippen molar-refractivity contribution >= 4 is 11.8 Å². The van der Waals surface area contributed by atoms with Crippen molar-refractivity contribution in [1.29, 1.82) is 0 Å². The van der Waals surface area contributed by atoms with Crippen molar-refractivity contribution in [2.45, 2.75) is 33.2 Å². The van der Waals surface area contributed by atoms with E-state index in [4.69, 9.17) is 5.73 Å². The molecule has 0 heterocycles. The third-order valence-corrected chi connectivity index (χ3v) is 3.37. The maximum Gasteiger partial charge on any atom is 0.00719 e. The van der Waals surface area contributed by atoms with Gasteiger partial charge in [-0.25, -0.2) is 0 Å². The van der Waals surface area contributed by atoms with E-state index >= 15 is 0 Å². The molecule has 0 radical (unpaired) electrons. The van der Waals surface area contributed by atoms with E-state index in [0.717, 1.165) is 13.1 Å². The third kappa shape index (κ3) is 5.89. The van der Waals surface area contributed by atoms with Crippen molar-refractivity contribution in [2.24, 2.45) is 11.1 Å². The van der Waals surface area contributed by atoms with Crippen LogP contribution in [0, 0.1) is 5.41 Å². The Kier molecular flexibility index (Phi) is 6.83. The second kappa shape index (κ2) is 6.70. The van der Waals surface area contributed by atoms with Gasteiger partial charge in [0, 0.05) is 12.6 Å². The lowest BCUT2D eigenvalue weighted by atomic mass is 9.92. The maximum atomic E-state index is 5.72. The first kappa shape index (κ1) is 14.3. The minimum absolute atomic E-state index is 0.238. The van der Waals surface area contributed by atoms with Gasteiger partial charge in [-0.2, -0.15) is 11.8 Å². The Morgan fingerprint density at radius 1 is 1.43 bits per heavy atom. The van der Waals surface area contributed by atoms with E-state index in [9.17, 15) is 0 Å². The van der Waals surface area contributed by atoms with Crippen LogP contribution in [0.3, 0.4) is 0 Å². The molecule has 0 aliphatic carbocycles. The molecule has 1 atom stereocenters. The average Bonchev–Trinajstić information content (AvgIpc) is 2.13. The molecule has 1 unspecified atom stereocenters. The topological polar surface area (TPSA) is 29.3 Å². The van der Waals surface area contributed by atoms with Crippen molar-refractivity contribution in [1.82, 2.24) is 4.90 Å². The molecule has 0 fully saturated rings. The molecule has 0 aromatic carbocycles. The Morgan fingerprint density at radius 2 is 2.00 bits per heavy atom. The summed E-state index contributed by atoms with van der Waals surface area (Å²) in [6.45, 7) is 8.59. The fourth-order valence-corrected chi connectivity index (χ4v) is 1.98. The van der Waals surface area contributed by atoms with Crippen LogP contribution >= 0.6 is 11.8 Å². The van der Waals surface area contributed by atoms with Gasteiger partial charge in [0.2, 0.25) is 0 Å². The van der Waals surface area contributed by atoms with Gasteiger partial charge in [-0.05, 0) is 44.4 Å². The lowest BCUT2D eigenvalue weighted by Gasteiger charge is -2.33. The molecule has 0 aromatic rings. The average molecular weight is 218 g/mol. The van der Waals surface area contributed by atoms with Crippen molar-refractivity contribution in [3.63, 3.8) is 0 Å². The van der Waals surface area contributed by atoms with Crippen LogP contribution in [-0.2, 0) is 0 Å². The van der Waals surface area contributed by atoms with E-state index in [1.54, 1.807) is 0 Å². The van der Waals surface area contributed by atoms with Gasteiger partial charge in [0.15, 0.2) is 0 Å². The zero-order valence-electron chi connectivity index (χ0n) is 10.3. The first-order valence-electron chi connectivity index (χ1n) is 5.32. The van der Waals surface area contributed by atoms with E-state index in [-0.39, 0.29) is 5.41 Å². The van der Waals surface area contributed by atoms with E-state index < -0.39 is 0 Å². The molecule has 3 heteroatoms. The zero-order valence-corrected chi connectivity index (χ0v) is 11.2. The minimum atomic E-state index is 0.238. The summed E-state index contributed by atoms with van der Waals surface area (Å²) in [5, 5.41) is 0. The van der Waals surface area contributed by atoms with Crippen molar-refractivity contribution in [3.05, 3.63) is 0 Å². The van der Waals surface area contributed by atoms with Crippen LogP contribution < -0.4 is 5.73 Å². The van der Waals surface area contributed by atoms with E-state index in [1.807, 2.05) is 11.8 Å². The minimum Gasteiger partial charge on any atom is -0.330 e. The lowest BCUT2D eigenvalue weighted by molar-refractivity contribution is 0.171. The molecule has 0 aromatic heterocycles. The fourth-order valence-electron chi connectivity index (χ4n) is 1.40. The van der Waals surface area contributed by atoms with Crippen LogP contribution in [0.25, 0.3) is 0 Å². The van der Waals surface area contributed by atoms with Crippen LogP contribution in [0.4, 0.5) is 0 Å². The standard InChI is InChI=1S/C11H26N2S/c1-10(6-7-14-5)13(4)9-11(2,3)8-12/h10H,6-9,12H2,1-5H3. The highest BCUT2D eigenvalue weighted by Gasteiger charge is 2.20. The van der Waals surface area contributed by atoms with E-state index in [2.05, 4.69) is 39.0 Å². The first-order chi connectivity index (χ1) is 6.43. The van der Waals surface area contributed by atoms with Gasteiger partial charge >= 0.3 is 0 Å². The number of nitrogens with zero attached hydrogens (tertiary/aromatic N) is 1. The molecule has 0 aliphatic heterocycles. The van der Waals surface area contributed by atoms with Crippen molar-refractivity contribution in [2.75, 3.05) is 32.1 Å². The predicted molar refractivity (Wildman–Crippen MR) is 67.9 cm³/mol. The highest BCUT2D eigenvalue weighted by molar-refractivity contribution is 7.98. The number of nitrogens with two attached hydrogens (primary N) is 1. The second-order valence-electron chi connectivity index (χ2n) is 4.91. The molecule has 0 amide bonds. The molecule has 0 saturated heterocycles. The van der Waals surface area contributed by atoms with Gasteiger partial charge < -0.3 is 10.6 Å². The van der Waals surface area contributed by atoms with Crippen LogP contribution in [0.1, 0.15) is 27.2 Å². The lowest BCUT2D eigenvalue weighted by Crippen LogP contribution is -2.41. The van der Waals surface area contributed by atoms with Gasteiger partial charge in [-0.15, -0.1) is 0 Å². The molecular formula is C11H26N2S. The SMILES string of the molecule is CSCCC(C)N(C)CC(C)(C)CN.